The Morgan fingerprint density at radius 2 is 2.06 bits per heavy atom. The third-order valence-corrected chi connectivity index (χ3v) is 3.25. The Labute approximate surface area is 99.1 Å². The molecule has 0 saturated heterocycles. The molecule has 0 amide bonds. The zero-order chi connectivity index (χ0) is 11.7. The predicted octanol–water partition coefficient (Wildman–Crippen LogP) is 1.39. The quantitative estimate of drug-likeness (QED) is 0.862. The lowest BCUT2D eigenvalue weighted by Gasteiger charge is -2.33. The highest BCUT2D eigenvalue weighted by molar-refractivity contribution is 5.16. The SMILES string of the molecule is NC1(c2nc(Cc3ccncc3)no2)CCC1. The van der Waals surface area contributed by atoms with E-state index in [4.69, 9.17) is 10.3 Å². The average molecular weight is 230 g/mol. The van der Waals surface area contributed by atoms with Gasteiger partial charge >= 0.3 is 0 Å². The van der Waals surface area contributed by atoms with Crippen LogP contribution in [-0.4, -0.2) is 15.1 Å². The van der Waals surface area contributed by atoms with E-state index in [9.17, 15) is 0 Å². The Balaban J connectivity index is 1.77. The first-order valence-electron chi connectivity index (χ1n) is 5.77. The minimum Gasteiger partial charge on any atom is -0.337 e. The van der Waals surface area contributed by atoms with Crippen molar-refractivity contribution in [2.75, 3.05) is 0 Å². The van der Waals surface area contributed by atoms with Gasteiger partial charge in [-0.1, -0.05) is 5.16 Å². The molecule has 88 valence electrons. The van der Waals surface area contributed by atoms with E-state index in [-0.39, 0.29) is 5.54 Å². The van der Waals surface area contributed by atoms with Crippen molar-refractivity contribution < 1.29 is 4.52 Å². The fourth-order valence-electron chi connectivity index (χ4n) is 1.98. The lowest BCUT2D eigenvalue weighted by Crippen LogP contribution is -2.43. The molecule has 0 radical (unpaired) electrons. The van der Waals surface area contributed by atoms with E-state index >= 15 is 0 Å². The molecule has 0 bridgehead atoms. The molecule has 1 fully saturated rings. The van der Waals surface area contributed by atoms with Crippen molar-refractivity contribution in [2.24, 2.45) is 5.73 Å². The second kappa shape index (κ2) is 3.92. The minimum atomic E-state index is -0.372. The maximum Gasteiger partial charge on any atom is 0.246 e. The van der Waals surface area contributed by atoms with E-state index in [2.05, 4.69) is 15.1 Å². The molecule has 0 aromatic carbocycles. The van der Waals surface area contributed by atoms with Crippen LogP contribution in [0.1, 0.15) is 36.5 Å². The van der Waals surface area contributed by atoms with Gasteiger partial charge in [-0.05, 0) is 37.0 Å². The normalized spacial score (nSPS) is 17.7. The van der Waals surface area contributed by atoms with Crippen LogP contribution in [0.5, 0.6) is 0 Å². The van der Waals surface area contributed by atoms with E-state index in [1.807, 2.05) is 12.1 Å². The summed E-state index contributed by atoms with van der Waals surface area (Å²) in [6.45, 7) is 0. The van der Waals surface area contributed by atoms with Crippen molar-refractivity contribution in [2.45, 2.75) is 31.2 Å². The molecule has 2 aromatic rings. The van der Waals surface area contributed by atoms with Crippen molar-refractivity contribution >= 4 is 0 Å². The fraction of sp³-hybridized carbons (Fsp3) is 0.417. The third kappa shape index (κ3) is 1.93. The average Bonchev–Trinajstić information content (AvgIpc) is 2.76. The van der Waals surface area contributed by atoms with Gasteiger partial charge in [0, 0.05) is 18.8 Å². The predicted molar refractivity (Wildman–Crippen MR) is 61.1 cm³/mol. The van der Waals surface area contributed by atoms with Crippen molar-refractivity contribution in [3.05, 3.63) is 41.8 Å². The molecular formula is C12H14N4O. The van der Waals surface area contributed by atoms with Crippen LogP contribution in [0.25, 0.3) is 0 Å². The van der Waals surface area contributed by atoms with E-state index in [1.54, 1.807) is 12.4 Å². The van der Waals surface area contributed by atoms with Crippen LogP contribution < -0.4 is 5.73 Å². The van der Waals surface area contributed by atoms with Crippen molar-refractivity contribution in [1.29, 1.82) is 0 Å². The maximum atomic E-state index is 6.12. The van der Waals surface area contributed by atoms with E-state index in [0.717, 1.165) is 24.8 Å². The van der Waals surface area contributed by atoms with Gasteiger partial charge < -0.3 is 10.3 Å². The molecular weight excluding hydrogens is 216 g/mol. The van der Waals surface area contributed by atoms with E-state index in [0.29, 0.717) is 18.1 Å². The van der Waals surface area contributed by atoms with Gasteiger partial charge in [-0.3, -0.25) is 4.98 Å². The van der Waals surface area contributed by atoms with Gasteiger partial charge in [-0.15, -0.1) is 0 Å². The molecule has 0 spiro atoms. The molecule has 2 N–H and O–H groups in total. The lowest BCUT2D eigenvalue weighted by atomic mass is 9.78. The summed E-state index contributed by atoms with van der Waals surface area (Å²) in [5.41, 5.74) is 6.87. The van der Waals surface area contributed by atoms with Crippen LogP contribution in [0.15, 0.2) is 29.0 Å². The molecule has 2 heterocycles. The van der Waals surface area contributed by atoms with Gasteiger partial charge in [0.1, 0.15) is 0 Å². The first-order valence-corrected chi connectivity index (χ1v) is 5.77. The number of aromatic nitrogens is 3. The van der Waals surface area contributed by atoms with Crippen LogP contribution in [0, 0.1) is 0 Å². The van der Waals surface area contributed by atoms with Crippen molar-refractivity contribution in [1.82, 2.24) is 15.1 Å². The highest BCUT2D eigenvalue weighted by atomic mass is 16.5. The van der Waals surface area contributed by atoms with Crippen molar-refractivity contribution in [3.8, 4) is 0 Å². The van der Waals surface area contributed by atoms with E-state index in [1.165, 1.54) is 0 Å². The lowest BCUT2D eigenvalue weighted by molar-refractivity contribution is 0.181. The Bertz CT molecular complexity index is 504. The number of hydrogen-bond acceptors (Lipinski definition) is 5. The number of nitrogens with two attached hydrogens (primary N) is 1. The second-order valence-corrected chi connectivity index (χ2v) is 4.56. The van der Waals surface area contributed by atoms with Crippen LogP contribution in [0.4, 0.5) is 0 Å². The number of hydrogen-bond donors (Lipinski definition) is 1. The number of rotatable bonds is 3. The summed E-state index contributed by atoms with van der Waals surface area (Å²) in [4.78, 5) is 8.35. The van der Waals surface area contributed by atoms with Crippen LogP contribution in [0.2, 0.25) is 0 Å². The molecule has 1 saturated carbocycles. The molecule has 0 aliphatic heterocycles. The first-order chi connectivity index (χ1) is 8.26. The van der Waals surface area contributed by atoms with Gasteiger partial charge in [-0.2, -0.15) is 4.98 Å². The Kier molecular flexibility index (Phi) is 2.40. The topological polar surface area (TPSA) is 77.8 Å². The summed E-state index contributed by atoms with van der Waals surface area (Å²) >= 11 is 0. The standard InChI is InChI=1S/C12H14N4O/c13-12(4-1-5-12)11-15-10(16-17-11)8-9-2-6-14-7-3-9/h2-3,6-7H,1,4-5,8,13H2. The summed E-state index contributed by atoms with van der Waals surface area (Å²) in [6, 6.07) is 3.88. The number of pyridine rings is 1. The van der Waals surface area contributed by atoms with Crippen molar-refractivity contribution in [3.63, 3.8) is 0 Å². The van der Waals surface area contributed by atoms with Gasteiger partial charge in [0.2, 0.25) is 5.89 Å². The minimum absolute atomic E-state index is 0.372. The summed E-state index contributed by atoms with van der Waals surface area (Å²) in [5.74, 6) is 1.26. The van der Waals surface area contributed by atoms with Gasteiger partial charge in [0.05, 0.1) is 5.54 Å². The fourth-order valence-corrected chi connectivity index (χ4v) is 1.98. The summed E-state index contributed by atoms with van der Waals surface area (Å²) < 4.78 is 5.24. The van der Waals surface area contributed by atoms with Crippen LogP contribution in [-0.2, 0) is 12.0 Å². The van der Waals surface area contributed by atoms with Crippen LogP contribution >= 0.6 is 0 Å². The summed E-state index contributed by atoms with van der Waals surface area (Å²) in [7, 11) is 0. The Morgan fingerprint density at radius 3 is 2.71 bits per heavy atom. The molecule has 5 heteroatoms. The largest absolute Gasteiger partial charge is 0.337 e. The molecule has 3 rings (SSSR count). The Morgan fingerprint density at radius 1 is 1.29 bits per heavy atom. The second-order valence-electron chi connectivity index (χ2n) is 4.56. The maximum absolute atomic E-state index is 6.12. The molecule has 0 unspecified atom stereocenters. The monoisotopic (exact) mass is 230 g/mol. The van der Waals surface area contributed by atoms with Crippen LogP contribution in [0.3, 0.4) is 0 Å². The van der Waals surface area contributed by atoms with E-state index < -0.39 is 0 Å². The first kappa shape index (κ1) is 10.4. The smallest absolute Gasteiger partial charge is 0.246 e. The molecule has 0 atom stereocenters. The Hall–Kier alpha value is -1.75. The molecule has 17 heavy (non-hydrogen) atoms. The zero-order valence-electron chi connectivity index (χ0n) is 9.47. The van der Waals surface area contributed by atoms with Gasteiger partial charge in [-0.25, -0.2) is 0 Å². The molecule has 1 aliphatic rings. The van der Waals surface area contributed by atoms with Gasteiger partial charge in [0.15, 0.2) is 5.82 Å². The highest BCUT2D eigenvalue weighted by Crippen LogP contribution is 2.37. The molecule has 1 aliphatic carbocycles. The zero-order valence-corrected chi connectivity index (χ0v) is 9.47. The summed E-state index contributed by atoms with van der Waals surface area (Å²) in [5, 5.41) is 3.97. The number of nitrogens with zero attached hydrogens (tertiary/aromatic N) is 3. The third-order valence-electron chi connectivity index (χ3n) is 3.25. The van der Waals surface area contributed by atoms with Gasteiger partial charge in [0.25, 0.3) is 0 Å². The molecule has 2 aromatic heterocycles. The molecule has 5 nitrogen and oxygen atoms in total. The highest BCUT2D eigenvalue weighted by Gasteiger charge is 2.39. The summed E-state index contributed by atoms with van der Waals surface area (Å²) in [6.07, 6.45) is 7.17.